The molecule has 3 rings (SSSR count). The zero-order valence-corrected chi connectivity index (χ0v) is 17.4. The minimum Gasteiger partial charge on any atom is -0.312 e. The van der Waals surface area contributed by atoms with Crippen molar-refractivity contribution in [2.45, 2.75) is 40.5 Å². The molecule has 1 aliphatic heterocycles. The molecule has 0 radical (unpaired) electrons. The van der Waals surface area contributed by atoms with E-state index in [2.05, 4.69) is 36.3 Å². The van der Waals surface area contributed by atoms with Crippen LogP contribution in [0.1, 0.15) is 37.8 Å². The molecule has 6 nitrogen and oxygen atoms in total. The lowest BCUT2D eigenvalue weighted by Gasteiger charge is -2.17. The summed E-state index contributed by atoms with van der Waals surface area (Å²) in [5.74, 6) is -0.712. The predicted molar refractivity (Wildman–Crippen MR) is 108 cm³/mol. The second-order valence-electron chi connectivity index (χ2n) is 8.07. The molecule has 2 amide bonds. The molecule has 144 valence electrons. The number of hydrogen-bond donors (Lipinski definition) is 1. The monoisotopic (exact) mass is 406 g/mol. The molecule has 1 aromatic heterocycles. The Kier molecular flexibility index (Phi) is 5.53. The van der Waals surface area contributed by atoms with Crippen LogP contribution in [-0.4, -0.2) is 28.6 Å². The molecule has 0 bridgehead atoms. The second-order valence-corrected chi connectivity index (χ2v) is 9.54. The van der Waals surface area contributed by atoms with Crippen LogP contribution in [0.2, 0.25) is 5.02 Å². The van der Waals surface area contributed by atoms with Gasteiger partial charge in [0.2, 0.25) is 16.9 Å². The van der Waals surface area contributed by atoms with Crippen molar-refractivity contribution in [3.05, 3.63) is 33.8 Å². The van der Waals surface area contributed by atoms with Gasteiger partial charge in [-0.05, 0) is 30.0 Å². The lowest BCUT2D eigenvalue weighted by Crippen LogP contribution is -2.28. The van der Waals surface area contributed by atoms with Crippen molar-refractivity contribution in [2.75, 3.05) is 16.8 Å². The summed E-state index contributed by atoms with van der Waals surface area (Å²) in [6, 6.07) is 5.48. The highest BCUT2D eigenvalue weighted by Crippen LogP contribution is 2.30. The van der Waals surface area contributed by atoms with E-state index in [1.807, 2.05) is 19.1 Å². The number of carbonyl (C=O) groups is 2. The van der Waals surface area contributed by atoms with E-state index in [1.165, 1.54) is 11.3 Å². The third-order valence-corrected chi connectivity index (χ3v) is 5.59. The van der Waals surface area contributed by atoms with Gasteiger partial charge < -0.3 is 10.2 Å². The van der Waals surface area contributed by atoms with Crippen molar-refractivity contribution in [2.24, 2.45) is 11.3 Å². The predicted octanol–water partition coefficient (Wildman–Crippen LogP) is 4.08. The van der Waals surface area contributed by atoms with E-state index < -0.39 is 5.92 Å². The molecule has 1 unspecified atom stereocenters. The fourth-order valence-corrected chi connectivity index (χ4v) is 4.14. The maximum atomic E-state index is 12.6. The number of nitrogens with zero attached hydrogens (tertiary/aromatic N) is 3. The number of amides is 2. The van der Waals surface area contributed by atoms with Gasteiger partial charge in [0.25, 0.3) is 0 Å². The first-order chi connectivity index (χ1) is 12.6. The highest BCUT2D eigenvalue weighted by molar-refractivity contribution is 7.15. The molecule has 1 fully saturated rings. The smallest absolute Gasteiger partial charge is 0.231 e. The Balaban J connectivity index is 1.64. The van der Waals surface area contributed by atoms with Gasteiger partial charge in [0.05, 0.1) is 5.92 Å². The first-order valence-corrected chi connectivity index (χ1v) is 10.0. The fourth-order valence-electron chi connectivity index (χ4n) is 2.92. The lowest BCUT2D eigenvalue weighted by atomic mass is 9.93. The van der Waals surface area contributed by atoms with Crippen LogP contribution in [-0.2, 0) is 16.0 Å². The number of hydrogen-bond acceptors (Lipinski definition) is 5. The highest BCUT2D eigenvalue weighted by atomic mass is 35.5. The van der Waals surface area contributed by atoms with Crippen molar-refractivity contribution >= 4 is 45.6 Å². The van der Waals surface area contributed by atoms with Crippen LogP contribution in [0.15, 0.2) is 18.2 Å². The number of aryl methyl sites for hydroxylation is 1. The van der Waals surface area contributed by atoms with Crippen LogP contribution < -0.4 is 10.2 Å². The summed E-state index contributed by atoms with van der Waals surface area (Å²) in [6.07, 6.45) is 0.968. The molecule has 1 N–H and O–H groups in total. The molecular weight excluding hydrogens is 384 g/mol. The summed E-state index contributed by atoms with van der Waals surface area (Å²) in [7, 11) is 0. The van der Waals surface area contributed by atoms with E-state index in [0.29, 0.717) is 22.4 Å². The van der Waals surface area contributed by atoms with E-state index in [0.717, 1.165) is 17.0 Å². The number of aromatic nitrogens is 2. The van der Waals surface area contributed by atoms with E-state index in [9.17, 15) is 9.59 Å². The van der Waals surface area contributed by atoms with E-state index in [4.69, 9.17) is 11.6 Å². The van der Waals surface area contributed by atoms with Crippen molar-refractivity contribution in [3.63, 3.8) is 0 Å². The van der Waals surface area contributed by atoms with E-state index >= 15 is 0 Å². The van der Waals surface area contributed by atoms with Gasteiger partial charge in [-0.3, -0.25) is 9.59 Å². The van der Waals surface area contributed by atoms with Gasteiger partial charge in [-0.2, -0.15) is 0 Å². The third kappa shape index (κ3) is 4.84. The molecule has 0 aliphatic carbocycles. The summed E-state index contributed by atoms with van der Waals surface area (Å²) in [5, 5.41) is 13.0. The molecule has 27 heavy (non-hydrogen) atoms. The molecule has 1 aromatic carbocycles. The summed E-state index contributed by atoms with van der Waals surface area (Å²) in [6.45, 7) is 8.62. The Morgan fingerprint density at radius 1 is 1.37 bits per heavy atom. The van der Waals surface area contributed by atoms with Crippen molar-refractivity contribution < 1.29 is 9.59 Å². The summed E-state index contributed by atoms with van der Waals surface area (Å²) >= 11 is 7.54. The zero-order chi connectivity index (χ0) is 19.8. The van der Waals surface area contributed by atoms with Crippen molar-refractivity contribution in [1.82, 2.24) is 10.2 Å². The van der Waals surface area contributed by atoms with Crippen LogP contribution in [0.5, 0.6) is 0 Å². The van der Waals surface area contributed by atoms with Gasteiger partial charge in [-0.15, -0.1) is 10.2 Å². The Hall–Kier alpha value is -1.99. The average molecular weight is 407 g/mol. The first-order valence-electron chi connectivity index (χ1n) is 8.82. The summed E-state index contributed by atoms with van der Waals surface area (Å²) in [4.78, 5) is 26.6. The van der Waals surface area contributed by atoms with Gasteiger partial charge in [-0.25, -0.2) is 0 Å². The minimum absolute atomic E-state index is 0.0826. The molecule has 2 heterocycles. The molecule has 8 heteroatoms. The molecule has 1 saturated heterocycles. The molecule has 1 aliphatic rings. The zero-order valence-electron chi connectivity index (χ0n) is 15.9. The average Bonchev–Trinajstić information content (AvgIpc) is 3.15. The largest absolute Gasteiger partial charge is 0.312 e. The summed E-state index contributed by atoms with van der Waals surface area (Å²) < 4.78 is 0. The minimum atomic E-state index is -0.424. The van der Waals surface area contributed by atoms with Crippen LogP contribution in [0.3, 0.4) is 0 Å². The number of halogens is 1. The molecule has 0 saturated carbocycles. The SMILES string of the molecule is Cc1ccc(N2CC(C(=O)Nc3nnc(CC(C)(C)C)s3)CC2=O)cc1Cl. The Labute approximate surface area is 167 Å². The Bertz CT molecular complexity index is 875. The Morgan fingerprint density at radius 2 is 2.11 bits per heavy atom. The van der Waals surface area contributed by atoms with Gasteiger partial charge in [0.1, 0.15) is 5.01 Å². The van der Waals surface area contributed by atoms with Gasteiger partial charge in [-0.1, -0.05) is 49.8 Å². The second kappa shape index (κ2) is 7.56. The lowest BCUT2D eigenvalue weighted by molar-refractivity contribution is -0.122. The van der Waals surface area contributed by atoms with E-state index in [-0.39, 0.29) is 23.7 Å². The van der Waals surface area contributed by atoms with Gasteiger partial charge in [0.15, 0.2) is 0 Å². The van der Waals surface area contributed by atoms with Gasteiger partial charge >= 0.3 is 0 Å². The molecule has 0 spiro atoms. The van der Waals surface area contributed by atoms with Crippen LogP contribution in [0.4, 0.5) is 10.8 Å². The van der Waals surface area contributed by atoms with Crippen LogP contribution in [0.25, 0.3) is 0 Å². The molecule has 2 aromatic rings. The fraction of sp³-hybridized carbons (Fsp3) is 0.474. The maximum Gasteiger partial charge on any atom is 0.231 e. The van der Waals surface area contributed by atoms with E-state index in [1.54, 1.807) is 11.0 Å². The van der Waals surface area contributed by atoms with Crippen molar-refractivity contribution in [1.29, 1.82) is 0 Å². The molecule has 1 atom stereocenters. The Morgan fingerprint density at radius 3 is 2.78 bits per heavy atom. The topological polar surface area (TPSA) is 75.2 Å². The van der Waals surface area contributed by atoms with Crippen LogP contribution >= 0.6 is 22.9 Å². The molecular formula is C19H23ClN4O2S. The third-order valence-electron chi connectivity index (χ3n) is 4.34. The first kappa shape index (κ1) is 19.8. The van der Waals surface area contributed by atoms with Gasteiger partial charge in [0, 0.05) is 30.1 Å². The summed E-state index contributed by atoms with van der Waals surface area (Å²) in [5.41, 5.74) is 1.77. The number of nitrogens with one attached hydrogen (secondary N) is 1. The quantitative estimate of drug-likeness (QED) is 0.830. The van der Waals surface area contributed by atoms with Crippen LogP contribution in [0, 0.1) is 18.3 Å². The normalized spacial score (nSPS) is 17.4. The number of benzene rings is 1. The van der Waals surface area contributed by atoms with Crippen molar-refractivity contribution in [3.8, 4) is 0 Å². The maximum absolute atomic E-state index is 12.6. The highest BCUT2D eigenvalue weighted by Gasteiger charge is 2.35. The standard InChI is InChI=1S/C19H23ClN4O2S/c1-11-5-6-13(8-14(11)20)24-10-12(7-16(24)25)17(26)21-18-23-22-15(27-18)9-19(2,3)4/h5-6,8,12H,7,9-10H2,1-4H3,(H,21,23,26). The number of anilines is 2. The number of carbonyl (C=O) groups excluding carboxylic acids is 2. The number of rotatable bonds is 4.